The Labute approximate surface area is 95.2 Å². The van der Waals surface area contributed by atoms with E-state index in [0.717, 1.165) is 18.4 Å². The average molecular weight is 212 g/mol. The molecule has 1 fully saturated rings. The minimum atomic E-state index is 0.698. The lowest BCUT2D eigenvalue weighted by atomic mass is 9.96. The van der Waals surface area contributed by atoms with E-state index in [1.807, 2.05) is 0 Å². The Morgan fingerprint density at radius 2 is 2.00 bits per heavy atom. The molecule has 0 saturated heterocycles. The largest absolute Gasteiger partial charge is 0.330 e. The summed E-state index contributed by atoms with van der Waals surface area (Å²) >= 11 is 0. The summed E-state index contributed by atoms with van der Waals surface area (Å²) in [6.45, 7) is 11.4. The maximum Gasteiger partial charge on any atom is 0.00218 e. The number of hydrogen-bond donors (Lipinski definition) is 1. The van der Waals surface area contributed by atoms with Gasteiger partial charge >= 0.3 is 0 Å². The number of nitrogens with zero attached hydrogens (tertiary/aromatic N) is 1. The second-order valence-electron chi connectivity index (χ2n) is 5.53. The van der Waals surface area contributed by atoms with Crippen LogP contribution in [0.2, 0.25) is 0 Å². The first-order chi connectivity index (χ1) is 7.15. The zero-order valence-corrected chi connectivity index (χ0v) is 10.7. The van der Waals surface area contributed by atoms with Gasteiger partial charge in [-0.3, -0.25) is 0 Å². The molecule has 15 heavy (non-hydrogen) atoms. The van der Waals surface area contributed by atoms with Gasteiger partial charge in [0.15, 0.2) is 0 Å². The summed E-state index contributed by atoms with van der Waals surface area (Å²) in [5.41, 5.74) is 5.84. The highest BCUT2D eigenvalue weighted by atomic mass is 15.1. The maximum atomic E-state index is 5.84. The van der Waals surface area contributed by atoms with Crippen LogP contribution in [0, 0.1) is 17.8 Å². The quantitative estimate of drug-likeness (QED) is 0.669. The highest BCUT2D eigenvalue weighted by Crippen LogP contribution is 2.30. The monoisotopic (exact) mass is 212 g/mol. The number of nitrogens with two attached hydrogens (primary N) is 1. The van der Waals surface area contributed by atoms with Crippen LogP contribution in [-0.2, 0) is 0 Å². The van der Waals surface area contributed by atoms with E-state index in [1.54, 1.807) is 0 Å². The van der Waals surface area contributed by atoms with Crippen molar-refractivity contribution in [2.24, 2.45) is 23.5 Å². The summed E-state index contributed by atoms with van der Waals surface area (Å²) in [6.07, 6.45) is 4.18. The van der Waals surface area contributed by atoms with Crippen molar-refractivity contribution in [3.63, 3.8) is 0 Å². The molecule has 0 aromatic rings. The van der Waals surface area contributed by atoms with Crippen molar-refractivity contribution in [3.8, 4) is 0 Å². The van der Waals surface area contributed by atoms with E-state index < -0.39 is 0 Å². The van der Waals surface area contributed by atoms with E-state index in [1.165, 1.54) is 38.9 Å². The molecule has 2 N–H and O–H groups in total. The van der Waals surface area contributed by atoms with Gasteiger partial charge in [0.2, 0.25) is 0 Å². The second kappa shape index (κ2) is 6.49. The zero-order chi connectivity index (χ0) is 11.3. The van der Waals surface area contributed by atoms with Crippen LogP contribution in [0.3, 0.4) is 0 Å². The summed E-state index contributed by atoms with van der Waals surface area (Å²) in [4.78, 5) is 2.59. The van der Waals surface area contributed by atoms with Crippen LogP contribution in [0.15, 0.2) is 0 Å². The highest BCUT2D eigenvalue weighted by molar-refractivity contribution is 4.78. The predicted octanol–water partition coefficient (Wildman–Crippen LogP) is 2.34. The van der Waals surface area contributed by atoms with Crippen LogP contribution in [0.5, 0.6) is 0 Å². The van der Waals surface area contributed by atoms with E-state index in [4.69, 9.17) is 5.73 Å². The predicted molar refractivity (Wildman–Crippen MR) is 66.8 cm³/mol. The molecule has 0 aromatic heterocycles. The first kappa shape index (κ1) is 13.0. The third kappa shape index (κ3) is 5.53. The standard InChI is InChI=1S/C13H28N2/c1-4-15(9-12-5-6-12)10-13(8-14)7-11(2)3/h11-13H,4-10,14H2,1-3H3. The molecule has 0 aliphatic heterocycles. The molecule has 1 atom stereocenters. The molecule has 1 aliphatic rings. The molecular formula is C13H28N2. The van der Waals surface area contributed by atoms with Crippen LogP contribution >= 0.6 is 0 Å². The number of rotatable bonds is 8. The summed E-state index contributed by atoms with van der Waals surface area (Å²) in [5.74, 6) is 2.48. The molecule has 0 spiro atoms. The van der Waals surface area contributed by atoms with E-state index in [0.29, 0.717) is 5.92 Å². The lowest BCUT2D eigenvalue weighted by Gasteiger charge is -2.26. The van der Waals surface area contributed by atoms with Crippen molar-refractivity contribution in [1.82, 2.24) is 4.90 Å². The molecule has 2 nitrogen and oxygen atoms in total. The van der Waals surface area contributed by atoms with Crippen molar-refractivity contribution in [3.05, 3.63) is 0 Å². The minimum Gasteiger partial charge on any atom is -0.330 e. The fraction of sp³-hybridized carbons (Fsp3) is 1.00. The van der Waals surface area contributed by atoms with Crippen LogP contribution < -0.4 is 5.73 Å². The van der Waals surface area contributed by atoms with Crippen LogP contribution in [0.25, 0.3) is 0 Å². The van der Waals surface area contributed by atoms with Crippen LogP contribution in [0.1, 0.15) is 40.0 Å². The third-order valence-electron chi connectivity index (χ3n) is 3.32. The fourth-order valence-corrected chi connectivity index (χ4v) is 2.28. The maximum absolute atomic E-state index is 5.84. The van der Waals surface area contributed by atoms with E-state index in [9.17, 15) is 0 Å². The Hall–Kier alpha value is -0.0800. The van der Waals surface area contributed by atoms with Gasteiger partial charge < -0.3 is 10.6 Å². The molecule has 1 rings (SSSR count). The smallest absolute Gasteiger partial charge is 0.00218 e. The zero-order valence-electron chi connectivity index (χ0n) is 10.7. The van der Waals surface area contributed by atoms with Crippen LogP contribution in [0.4, 0.5) is 0 Å². The van der Waals surface area contributed by atoms with Crippen molar-refractivity contribution in [2.75, 3.05) is 26.2 Å². The van der Waals surface area contributed by atoms with Crippen LogP contribution in [-0.4, -0.2) is 31.1 Å². The molecule has 0 bridgehead atoms. The normalized spacial score (nSPS) is 18.8. The van der Waals surface area contributed by atoms with Gasteiger partial charge in [-0.05, 0) is 50.1 Å². The Morgan fingerprint density at radius 1 is 1.33 bits per heavy atom. The molecule has 1 unspecified atom stereocenters. The topological polar surface area (TPSA) is 29.3 Å². The van der Waals surface area contributed by atoms with Gasteiger partial charge in [-0.25, -0.2) is 0 Å². The van der Waals surface area contributed by atoms with Gasteiger partial charge in [0.1, 0.15) is 0 Å². The molecule has 0 aromatic carbocycles. The molecule has 1 aliphatic carbocycles. The molecule has 0 amide bonds. The molecule has 0 heterocycles. The fourth-order valence-electron chi connectivity index (χ4n) is 2.28. The van der Waals surface area contributed by atoms with E-state index in [2.05, 4.69) is 25.7 Å². The lowest BCUT2D eigenvalue weighted by molar-refractivity contribution is 0.219. The van der Waals surface area contributed by atoms with E-state index >= 15 is 0 Å². The molecule has 0 radical (unpaired) electrons. The number of hydrogen-bond acceptors (Lipinski definition) is 2. The van der Waals surface area contributed by atoms with Gasteiger partial charge in [0.25, 0.3) is 0 Å². The molecule has 90 valence electrons. The van der Waals surface area contributed by atoms with Gasteiger partial charge in [0, 0.05) is 13.1 Å². The summed E-state index contributed by atoms with van der Waals surface area (Å²) < 4.78 is 0. The van der Waals surface area contributed by atoms with Gasteiger partial charge in [0.05, 0.1) is 0 Å². The summed E-state index contributed by atoms with van der Waals surface area (Å²) in [5, 5.41) is 0. The first-order valence-corrected chi connectivity index (χ1v) is 6.58. The average Bonchev–Trinajstić information content (AvgIpc) is 2.98. The lowest BCUT2D eigenvalue weighted by Crippen LogP contribution is -2.35. The first-order valence-electron chi connectivity index (χ1n) is 6.58. The van der Waals surface area contributed by atoms with E-state index in [-0.39, 0.29) is 0 Å². The summed E-state index contributed by atoms with van der Waals surface area (Å²) in [6, 6.07) is 0. The Bertz CT molecular complexity index is 154. The Kier molecular flexibility index (Phi) is 5.62. The van der Waals surface area contributed by atoms with Crippen molar-refractivity contribution in [2.45, 2.75) is 40.0 Å². The third-order valence-corrected chi connectivity index (χ3v) is 3.32. The SMILES string of the molecule is CCN(CC1CC1)CC(CN)CC(C)C. The molecule has 1 saturated carbocycles. The molecule has 2 heteroatoms. The van der Waals surface area contributed by atoms with Crippen molar-refractivity contribution < 1.29 is 0 Å². The highest BCUT2D eigenvalue weighted by Gasteiger charge is 2.24. The minimum absolute atomic E-state index is 0.698. The second-order valence-corrected chi connectivity index (χ2v) is 5.53. The van der Waals surface area contributed by atoms with Gasteiger partial charge in [-0.1, -0.05) is 20.8 Å². The van der Waals surface area contributed by atoms with Crippen molar-refractivity contribution >= 4 is 0 Å². The van der Waals surface area contributed by atoms with Gasteiger partial charge in [-0.2, -0.15) is 0 Å². The Morgan fingerprint density at radius 3 is 2.40 bits per heavy atom. The van der Waals surface area contributed by atoms with Gasteiger partial charge in [-0.15, -0.1) is 0 Å². The summed E-state index contributed by atoms with van der Waals surface area (Å²) in [7, 11) is 0. The Balaban J connectivity index is 2.25. The molecular weight excluding hydrogens is 184 g/mol. The van der Waals surface area contributed by atoms with Crippen molar-refractivity contribution in [1.29, 1.82) is 0 Å².